The molecule has 1 aliphatic heterocycles. The fraction of sp³-hybridized carbons (Fsp3) is 0.833. The fourth-order valence-corrected chi connectivity index (χ4v) is 1.47. The topological polar surface area (TPSA) is 93.5 Å². The second-order valence-electron chi connectivity index (χ2n) is 4.68. The molecule has 4 N–H and O–H groups in total. The third kappa shape index (κ3) is 7.24. The Morgan fingerprint density at radius 2 is 2.06 bits per heavy atom. The summed E-state index contributed by atoms with van der Waals surface area (Å²) >= 11 is 0. The van der Waals surface area contributed by atoms with Gasteiger partial charge >= 0.3 is 5.97 Å². The highest BCUT2D eigenvalue weighted by Crippen LogP contribution is 1.98. The summed E-state index contributed by atoms with van der Waals surface area (Å²) in [7, 11) is 1.34. The van der Waals surface area contributed by atoms with Crippen LogP contribution in [-0.2, 0) is 14.3 Å². The third-order valence-corrected chi connectivity index (χ3v) is 2.66. The molecule has 0 aromatic carbocycles. The number of nitrogens with one attached hydrogen (secondary N) is 2. The molecule has 106 valence electrons. The van der Waals surface area contributed by atoms with Crippen molar-refractivity contribution in [1.29, 1.82) is 0 Å². The summed E-state index contributed by atoms with van der Waals surface area (Å²) in [6.07, 6.45) is 1.07. The molecule has 1 saturated heterocycles. The lowest BCUT2D eigenvalue weighted by Gasteiger charge is -2.11. The molecule has 1 aliphatic rings. The smallest absolute Gasteiger partial charge is 0.322 e. The zero-order chi connectivity index (χ0) is 14.1. The van der Waals surface area contributed by atoms with Gasteiger partial charge in [-0.3, -0.25) is 9.59 Å². The highest BCUT2D eigenvalue weighted by Gasteiger charge is 2.16. The summed E-state index contributed by atoms with van der Waals surface area (Å²) < 4.78 is 4.41. The van der Waals surface area contributed by atoms with Crippen LogP contribution in [-0.4, -0.2) is 44.2 Å². The van der Waals surface area contributed by atoms with Crippen molar-refractivity contribution in [3.63, 3.8) is 0 Å². The van der Waals surface area contributed by atoms with Gasteiger partial charge in [-0.1, -0.05) is 13.8 Å². The van der Waals surface area contributed by atoms with Crippen molar-refractivity contribution in [3.05, 3.63) is 0 Å². The summed E-state index contributed by atoms with van der Waals surface area (Å²) in [5, 5.41) is 6.00. The van der Waals surface area contributed by atoms with E-state index in [1.54, 1.807) is 6.92 Å². The van der Waals surface area contributed by atoms with E-state index in [0.717, 1.165) is 19.5 Å². The summed E-state index contributed by atoms with van der Waals surface area (Å²) in [4.78, 5) is 21.1. The summed E-state index contributed by atoms with van der Waals surface area (Å²) in [6, 6.07) is -0.0995. The Labute approximate surface area is 109 Å². The van der Waals surface area contributed by atoms with Gasteiger partial charge in [0.15, 0.2) is 0 Å². The molecule has 1 fully saturated rings. The van der Waals surface area contributed by atoms with E-state index in [1.165, 1.54) is 7.11 Å². The van der Waals surface area contributed by atoms with E-state index >= 15 is 0 Å². The largest absolute Gasteiger partial charge is 0.468 e. The van der Waals surface area contributed by atoms with Gasteiger partial charge in [0.2, 0.25) is 5.91 Å². The number of nitrogens with two attached hydrogens (primary N) is 1. The number of methoxy groups -OCH3 is 1. The number of hydrogen-bond donors (Lipinski definition) is 3. The normalized spacial score (nSPS) is 19.8. The maximum absolute atomic E-state index is 10.6. The number of carbonyl (C=O) groups excluding carboxylic acids is 2. The van der Waals surface area contributed by atoms with Crippen LogP contribution in [0.3, 0.4) is 0 Å². The SMILES string of the molecule is CC(=O)NC1CCNC1.COC(=O)C(N)C(C)C. The van der Waals surface area contributed by atoms with Gasteiger partial charge in [-0.2, -0.15) is 0 Å². The first-order chi connectivity index (χ1) is 8.38. The average molecular weight is 259 g/mol. The van der Waals surface area contributed by atoms with E-state index in [1.807, 2.05) is 13.8 Å². The van der Waals surface area contributed by atoms with E-state index in [0.29, 0.717) is 6.04 Å². The minimum Gasteiger partial charge on any atom is -0.468 e. The van der Waals surface area contributed by atoms with E-state index in [9.17, 15) is 9.59 Å². The van der Waals surface area contributed by atoms with E-state index in [4.69, 9.17) is 5.73 Å². The Balaban J connectivity index is 0.000000321. The second kappa shape index (κ2) is 8.88. The predicted octanol–water partition coefficient (Wildman–Crippen LogP) is -0.373. The molecule has 2 unspecified atom stereocenters. The molecule has 1 heterocycles. The zero-order valence-corrected chi connectivity index (χ0v) is 11.7. The molecule has 0 bridgehead atoms. The number of hydrogen-bond acceptors (Lipinski definition) is 5. The third-order valence-electron chi connectivity index (χ3n) is 2.66. The van der Waals surface area contributed by atoms with E-state index < -0.39 is 6.04 Å². The first kappa shape index (κ1) is 16.9. The molecule has 6 nitrogen and oxygen atoms in total. The maximum Gasteiger partial charge on any atom is 0.322 e. The minimum atomic E-state index is -0.477. The average Bonchev–Trinajstić information content (AvgIpc) is 2.79. The lowest BCUT2D eigenvalue weighted by molar-refractivity contribution is -0.143. The summed E-state index contributed by atoms with van der Waals surface area (Å²) in [5.41, 5.74) is 5.40. The molecule has 1 rings (SSSR count). The monoisotopic (exact) mass is 259 g/mol. The Morgan fingerprint density at radius 1 is 1.44 bits per heavy atom. The van der Waals surface area contributed by atoms with Gasteiger partial charge in [0.1, 0.15) is 6.04 Å². The van der Waals surface area contributed by atoms with Gasteiger partial charge in [0.05, 0.1) is 7.11 Å². The number of amides is 1. The summed E-state index contributed by atoms with van der Waals surface area (Å²) in [5.74, 6) is -0.119. The van der Waals surface area contributed by atoms with Crippen molar-refractivity contribution in [2.24, 2.45) is 11.7 Å². The van der Waals surface area contributed by atoms with E-state index in [-0.39, 0.29) is 17.8 Å². The quantitative estimate of drug-likeness (QED) is 0.601. The van der Waals surface area contributed by atoms with Crippen molar-refractivity contribution >= 4 is 11.9 Å². The van der Waals surface area contributed by atoms with Crippen LogP contribution in [0.2, 0.25) is 0 Å². The van der Waals surface area contributed by atoms with Crippen LogP contribution in [0.5, 0.6) is 0 Å². The molecule has 2 atom stereocenters. The molecular weight excluding hydrogens is 234 g/mol. The Bertz CT molecular complexity index is 263. The number of ether oxygens (including phenoxy) is 1. The molecule has 0 saturated carbocycles. The van der Waals surface area contributed by atoms with Gasteiger partial charge < -0.3 is 21.1 Å². The van der Waals surface area contributed by atoms with Crippen molar-refractivity contribution in [3.8, 4) is 0 Å². The van der Waals surface area contributed by atoms with Crippen molar-refractivity contribution in [1.82, 2.24) is 10.6 Å². The maximum atomic E-state index is 10.6. The molecule has 0 aromatic heterocycles. The lowest BCUT2D eigenvalue weighted by atomic mass is 10.1. The molecular formula is C12H25N3O3. The minimum absolute atomic E-state index is 0.0729. The molecule has 0 aromatic rings. The number of rotatable bonds is 3. The molecule has 6 heteroatoms. The number of carbonyl (C=O) groups is 2. The molecule has 1 amide bonds. The highest BCUT2D eigenvalue weighted by atomic mass is 16.5. The Morgan fingerprint density at radius 3 is 2.33 bits per heavy atom. The van der Waals surface area contributed by atoms with Gasteiger partial charge in [-0.25, -0.2) is 0 Å². The van der Waals surface area contributed by atoms with Crippen molar-refractivity contribution in [2.75, 3.05) is 20.2 Å². The fourth-order valence-electron chi connectivity index (χ4n) is 1.47. The first-order valence-corrected chi connectivity index (χ1v) is 6.19. The van der Waals surface area contributed by atoms with E-state index in [2.05, 4.69) is 15.4 Å². The van der Waals surface area contributed by atoms with Gasteiger partial charge in [0.25, 0.3) is 0 Å². The lowest BCUT2D eigenvalue weighted by Crippen LogP contribution is -2.36. The molecule has 0 radical (unpaired) electrons. The molecule has 0 spiro atoms. The van der Waals surface area contributed by atoms with Crippen LogP contribution in [0.1, 0.15) is 27.2 Å². The van der Waals surface area contributed by atoms with Gasteiger partial charge in [0, 0.05) is 19.5 Å². The van der Waals surface area contributed by atoms with Crippen molar-refractivity contribution in [2.45, 2.75) is 39.3 Å². The van der Waals surface area contributed by atoms with Crippen molar-refractivity contribution < 1.29 is 14.3 Å². The summed E-state index contributed by atoms with van der Waals surface area (Å²) in [6.45, 7) is 7.27. The van der Waals surface area contributed by atoms with Crippen LogP contribution in [0.4, 0.5) is 0 Å². The van der Waals surface area contributed by atoms with Gasteiger partial charge in [-0.05, 0) is 18.9 Å². The first-order valence-electron chi connectivity index (χ1n) is 6.19. The van der Waals surface area contributed by atoms with Crippen LogP contribution < -0.4 is 16.4 Å². The second-order valence-corrected chi connectivity index (χ2v) is 4.68. The number of esters is 1. The van der Waals surface area contributed by atoms with Crippen LogP contribution >= 0.6 is 0 Å². The van der Waals surface area contributed by atoms with Crippen LogP contribution in [0.15, 0.2) is 0 Å². The van der Waals surface area contributed by atoms with Gasteiger partial charge in [-0.15, -0.1) is 0 Å². The van der Waals surface area contributed by atoms with Crippen LogP contribution in [0.25, 0.3) is 0 Å². The Hall–Kier alpha value is -1.14. The molecule has 18 heavy (non-hydrogen) atoms. The zero-order valence-electron chi connectivity index (χ0n) is 11.7. The Kier molecular flexibility index (Phi) is 8.32. The predicted molar refractivity (Wildman–Crippen MR) is 69.9 cm³/mol. The highest BCUT2D eigenvalue weighted by molar-refractivity contribution is 5.75. The standard InChI is InChI=1S/C6H12N2O.C6H13NO2/c1-5(9)8-6-2-3-7-4-6;1-4(2)5(7)6(8)9-3/h6-7H,2-4H2,1H3,(H,8,9);4-5H,7H2,1-3H3. The van der Waals surface area contributed by atoms with Crippen LogP contribution in [0, 0.1) is 5.92 Å². The molecule has 0 aliphatic carbocycles.